The Morgan fingerprint density at radius 3 is 2.47 bits per heavy atom. The minimum Gasteiger partial charge on any atom is -0.506 e. The minimum absolute atomic E-state index is 0.0148. The van der Waals surface area contributed by atoms with Gasteiger partial charge in [0.2, 0.25) is 5.78 Å². The average Bonchev–Trinajstić information content (AvgIpc) is 3.63. The number of aromatic hydroxyl groups is 1. The summed E-state index contributed by atoms with van der Waals surface area (Å²) in [7, 11) is 1.61. The molecular formula is C37H43NO9. The molecule has 47 heavy (non-hydrogen) atoms. The number of carbonyl (C=O) groups is 2. The number of unbranched alkanes of at least 4 members (excludes halogenated alkanes) is 2. The van der Waals surface area contributed by atoms with Crippen molar-refractivity contribution in [3.8, 4) is 23.1 Å². The zero-order valence-electron chi connectivity index (χ0n) is 27.7. The van der Waals surface area contributed by atoms with E-state index in [1.54, 1.807) is 13.2 Å². The highest BCUT2D eigenvalue weighted by Gasteiger charge is 2.64. The van der Waals surface area contributed by atoms with E-state index in [4.69, 9.17) is 18.7 Å². The van der Waals surface area contributed by atoms with E-state index in [2.05, 4.69) is 25.1 Å². The summed E-state index contributed by atoms with van der Waals surface area (Å²) in [6.07, 6.45) is 5.69. The van der Waals surface area contributed by atoms with Gasteiger partial charge in [0, 0.05) is 34.4 Å². The second-order valence-corrected chi connectivity index (χ2v) is 13.7. The van der Waals surface area contributed by atoms with Crippen molar-refractivity contribution >= 4 is 22.3 Å². The lowest BCUT2D eigenvalue weighted by Gasteiger charge is -2.44. The summed E-state index contributed by atoms with van der Waals surface area (Å²) in [4.78, 5) is 29.4. The highest BCUT2D eigenvalue weighted by atomic mass is 16.5. The first-order chi connectivity index (χ1) is 22.6. The van der Waals surface area contributed by atoms with Crippen molar-refractivity contribution in [1.82, 2.24) is 5.16 Å². The molecule has 0 aliphatic heterocycles. The smallest absolute Gasteiger partial charge is 0.260 e. The number of methoxy groups -OCH3 is 1. The number of carbonyl (C=O) groups excluding carboxylic acids is 2. The van der Waals surface area contributed by atoms with Crippen LogP contribution in [0.1, 0.15) is 115 Å². The number of nitrogens with zero attached hydrogens (tertiary/aromatic N) is 1. The predicted molar refractivity (Wildman–Crippen MR) is 173 cm³/mol. The van der Waals surface area contributed by atoms with E-state index in [9.17, 15) is 24.9 Å². The molecule has 4 aliphatic rings. The third-order valence-corrected chi connectivity index (χ3v) is 11.3. The van der Waals surface area contributed by atoms with Gasteiger partial charge in [-0.1, -0.05) is 45.3 Å². The maximum absolute atomic E-state index is 14.8. The predicted octanol–water partition coefficient (Wildman–Crippen LogP) is 6.09. The number of phenols is 1. The number of aliphatic hydroxyl groups is 2. The zero-order valence-corrected chi connectivity index (χ0v) is 27.7. The molecule has 1 unspecified atom stereocenters. The lowest BCUT2D eigenvalue weighted by atomic mass is 9.60. The van der Waals surface area contributed by atoms with Crippen molar-refractivity contribution in [2.45, 2.75) is 96.2 Å². The Morgan fingerprint density at radius 2 is 1.79 bits per heavy atom. The van der Waals surface area contributed by atoms with Crippen LogP contribution in [0.4, 0.5) is 0 Å². The number of hydrogen-bond donors (Lipinski definition) is 3. The fraction of sp³-hybridized carbons (Fsp3) is 0.541. The van der Waals surface area contributed by atoms with Crippen LogP contribution in [0.2, 0.25) is 0 Å². The van der Waals surface area contributed by atoms with Gasteiger partial charge >= 0.3 is 0 Å². The lowest BCUT2D eigenvalue weighted by Crippen LogP contribution is -2.59. The second kappa shape index (κ2) is 11.4. The number of fused-ring (bicyclic) bond motifs is 5. The molecule has 10 heteroatoms. The first kappa shape index (κ1) is 31.7. The molecule has 1 spiro atoms. The highest BCUT2D eigenvalue weighted by molar-refractivity contribution is 6.26. The number of Topliss-reactive ketones (excluding diaryl/α,β-unsaturated/α-hetero) is 2. The van der Waals surface area contributed by atoms with Crippen LogP contribution in [-0.2, 0) is 18.3 Å². The standard InChI is InChI=1S/C37H43NO9/c1-6-8-13-45-22-16-24(44-5)30-25-20(17-36(30)18(3)11-10-12-19(36)4)26-29(32(40)27(22)25)34(42)37(43)21(31(26)39)15-23-28(33(37)41)35(38-47-23)46-14-9-7-2/h11,16,19,21,33,40-41,43H,6-10,12-15,17H2,1-5H3/t19?,21-,33-,36-,37-/m1/s1. The van der Waals surface area contributed by atoms with Gasteiger partial charge in [-0.05, 0) is 55.7 Å². The van der Waals surface area contributed by atoms with Gasteiger partial charge in [-0.3, -0.25) is 9.59 Å². The molecule has 1 heterocycles. The SMILES string of the molecule is CCCCOc1noc2c1[C@@H](O)[C@@]1(O)C(=O)c3c(c4c5c(c(OC)cc(OCCCC)c5c3O)[C@]3(C4)C(C)=CCCC3C)C(=O)[C@H]1C2. The molecule has 3 N–H and O–H groups in total. The van der Waals surface area contributed by atoms with Gasteiger partial charge in [-0.15, -0.1) is 0 Å². The van der Waals surface area contributed by atoms with Crippen molar-refractivity contribution < 1.29 is 43.6 Å². The summed E-state index contributed by atoms with van der Waals surface area (Å²) in [6.45, 7) is 9.01. The van der Waals surface area contributed by atoms with E-state index in [-0.39, 0.29) is 40.7 Å². The number of ketones is 2. The molecule has 0 saturated carbocycles. The van der Waals surface area contributed by atoms with E-state index >= 15 is 0 Å². The number of phenolic OH excluding ortho intramolecular Hbond substituents is 1. The Kier molecular flexibility index (Phi) is 7.67. The van der Waals surface area contributed by atoms with Gasteiger partial charge in [0.15, 0.2) is 11.4 Å². The number of benzene rings is 2. The number of allylic oxidation sites excluding steroid dienone is 2. The Balaban J connectivity index is 1.49. The first-order valence-corrected chi connectivity index (χ1v) is 16.9. The quantitative estimate of drug-likeness (QED) is 0.185. The van der Waals surface area contributed by atoms with Gasteiger partial charge in [0.1, 0.15) is 29.1 Å². The summed E-state index contributed by atoms with van der Waals surface area (Å²) in [5.74, 6) is -1.98. The number of aliphatic hydroxyl groups excluding tert-OH is 1. The summed E-state index contributed by atoms with van der Waals surface area (Å²) in [5, 5.41) is 41.0. The van der Waals surface area contributed by atoms with Crippen molar-refractivity contribution in [3.05, 3.63) is 51.3 Å². The normalized spacial score (nSPS) is 27.5. The van der Waals surface area contributed by atoms with Crippen molar-refractivity contribution in [2.75, 3.05) is 20.3 Å². The van der Waals surface area contributed by atoms with E-state index in [0.29, 0.717) is 47.5 Å². The maximum atomic E-state index is 14.8. The second-order valence-electron chi connectivity index (χ2n) is 13.7. The molecule has 1 aromatic heterocycles. The number of rotatable bonds is 9. The molecule has 0 bridgehead atoms. The molecule has 0 amide bonds. The zero-order chi connectivity index (χ0) is 33.4. The summed E-state index contributed by atoms with van der Waals surface area (Å²) < 4.78 is 23.6. The van der Waals surface area contributed by atoms with E-state index < -0.39 is 40.4 Å². The lowest BCUT2D eigenvalue weighted by molar-refractivity contribution is -0.0890. The number of ether oxygens (including phenoxy) is 3. The van der Waals surface area contributed by atoms with Crippen LogP contribution in [0, 0.1) is 11.8 Å². The van der Waals surface area contributed by atoms with Gasteiger partial charge in [-0.25, -0.2) is 0 Å². The maximum Gasteiger partial charge on any atom is 0.260 e. The van der Waals surface area contributed by atoms with Crippen LogP contribution in [0.3, 0.4) is 0 Å². The molecule has 10 nitrogen and oxygen atoms in total. The van der Waals surface area contributed by atoms with Crippen molar-refractivity contribution in [3.63, 3.8) is 0 Å². The molecule has 250 valence electrons. The third kappa shape index (κ3) is 4.13. The van der Waals surface area contributed by atoms with E-state index in [1.165, 1.54) is 0 Å². The van der Waals surface area contributed by atoms with Crippen molar-refractivity contribution in [1.29, 1.82) is 0 Å². The van der Waals surface area contributed by atoms with Crippen LogP contribution in [0.25, 0.3) is 10.8 Å². The topological polar surface area (TPSA) is 149 Å². The van der Waals surface area contributed by atoms with Crippen LogP contribution in [0.5, 0.6) is 23.1 Å². The van der Waals surface area contributed by atoms with Gasteiger partial charge in [0.05, 0.1) is 42.8 Å². The molecule has 7 rings (SSSR count). The fourth-order valence-corrected chi connectivity index (χ4v) is 8.75. The molecular weight excluding hydrogens is 602 g/mol. The molecule has 0 saturated heterocycles. The van der Waals surface area contributed by atoms with Crippen LogP contribution < -0.4 is 14.2 Å². The fourth-order valence-electron chi connectivity index (χ4n) is 8.75. The molecule has 5 atom stereocenters. The largest absolute Gasteiger partial charge is 0.506 e. The van der Waals surface area contributed by atoms with E-state index in [1.807, 2.05) is 13.8 Å². The Labute approximate surface area is 273 Å². The Hall–Kier alpha value is -3.89. The monoisotopic (exact) mass is 645 g/mol. The van der Waals surface area contributed by atoms with Gasteiger partial charge in [0.25, 0.3) is 5.88 Å². The average molecular weight is 646 g/mol. The van der Waals surface area contributed by atoms with Gasteiger partial charge < -0.3 is 34.1 Å². The Morgan fingerprint density at radius 1 is 1.06 bits per heavy atom. The van der Waals surface area contributed by atoms with E-state index in [0.717, 1.165) is 49.7 Å². The summed E-state index contributed by atoms with van der Waals surface area (Å²) in [5.41, 5.74) is -0.621. The van der Waals surface area contributed by atoms with Crippen LogP contribution in [-0.4, -0.2) is 58.0 Å². The molecule has 2 aromatic carbocycles. The molecule has 0 radical (unpaired) electrons. The minimum atomic E-state index is -2.58. The molecule has 3 aromatic rings. The third-order valence-electron chi connectivity index (χ3n) is 11.3. The highest BCUT2D eigenvalue weighted by Crippen LogP contribution is 2.63. The van der Waals surface area contributed by atoms with Crippen molar-refractivity contribution in [2.24, 2.45) is 11.8 Å². The van der Waals surface area contributed by atoms with Gasteiger partial charge in [-0.2, -0.15) is 0 Å². The summed E-state index contributed by atoms with van der Waals surface area (Å²) >= 11 is 0. The summed E-state index contributed by atoms with van der Waals surface area (Å²) in [6, 6.07) is 1.77. The van der Waals surface area contributed by atoms with Crippen LogP contribution >= 0.6 is 0 Å². The first-order valence-electron chi connectivity index (χ1n) is 16.9. The number of hydrogen-bond acceptors (Lipinski definition) is 10. The van der Waals surface area contributed by atoms with Crippen LogP contribution in [0.15, 0.2) is 22.2 Å². The molecule has 4 aliphatic carbocycles. The molecule has 0 fully saturated rings. The number of aromatic nitrogens is 1. The Bertz CT molecular complexity index is 1840.